The van der Waals surface area contributed by atoms with E-state index >= 15 is 0 Å². The van der Waals surface area contributed by atoms with E-state index in [1.807, 2.05) is 4.68 Å². The molecule has 0 spiro atoms. The highest BCUT2D eigenvalue weighted by Crippen LogP contribution is 2.32. The maximum atomic E-state index is 4.57. The van der Waals surface area contributed by atoms with Gasteiger partial charge in [-0.1, -0.05) is 6.92 Å². The summed E-state index contributed by atoms with van der Waals surface area (Å²) in [6.07, 6.45) is 3.96. The fourth-order valence-corrected chi connectivity index (χ4v) is 2.54. The molecule has 1 aliphatic carbocycles. The topological polar surface area (TPSA) is 33.1 Å². The number of hydrogen-bond donors (Lipinski definition) is 1. The number of aromatic nitrogens is 2. The highest BCUT2D eigenvalue weighted by atomic mass is 15.4. The molecule has 0 unspecified atom stereocenters. The minimum atomic E-state index is 0.904. The average Bonchev–Trinajstić information content (AvgIpc) is 3.06. The Bertz CT molecular complexity index is 393. The Kier molecular flexibility index (Phi) is 4.27. The number of nitrogens with zero attached hydrogens (tertiary/aromatic N) is 3. The van der Waals surface area contributed by atoms with E-state index in [1.54, 1.807) is 0 Å². The molecule has 2 rings (SSSR count). The predicted octanol–water partition coefficient (Wildman–Crippen LogP) is 2.07. The Hall–Kier alpha value is -1.03. The number of aryl methyl sites for hydroxylation is 2. The third-order valence-corrected chi connectivity index (χ3v) is 3.63. The van der Waals surface area contributed by atoms with Crippen molar-refractivity contribution in [3.8, 4) is 0 Å². The third-order valence-electron chi connectivity index (χ3n) is 3.63. The van der Waals surface area contributed by atoms with Crippen LogP contribution in [0.25, 0.3) is 0 Å². The minimum Gasteiger partial charge on any atom is -0.359 e. The van der Waals surface area contributed by atoms with Gasteiger partial charge in [-0.3, -0.25) is 4.68 Å². The fraction of sp³-hybridized carbons (Fsp3) is 0.786. The molecule has 1 fully saturated rings. The van der Waals surface area contributed by atoms with Crippen LogP contribution >= 0.6 is 0 Å². The second-order valence-electron chi connectivity index (χ2n) is 5.51. The Morgan fingerprint density at radius 3 is 2.78 bits per heavy atom. The zero-order valence-electron chi connectivity index (χ0n) is 12.2. The summed E-state index contributed by atoms with van der Waals surface area (Å²) in [6, 6.07) is 0. The average molecular weight is 250 g/mol. The summed E-state index contributed by atoms with van der Waals surface area (Å²) >= 11 is 0. The van der Waals surface area contributed by atoms with E-state index in [-0.39, 0.29) is 0 Å². The number of rotatable bonds is 7. The maximum absolute atomic E-state index is 4.57. The lowest BCUT2D eigenvalue weighted by Gasteiger charge is -2.21. The second kappa shape index (κ2) is 5.74. The smallest absolute Gasteiger partial charge is 0.131 e. The molecule has 0 amide bonds. The lowest BCUT2D eigenvalue weighted by Crippen LogP contribution is -2.25. The molecular weight excluding hydrogens is 224 g/mol. The van der Waals surface area contributed by atoms with Crippen LogP contribution in [0.1, 0.15) is 37.4 Å². The zero-order chi connectivity index (χ0) is 13.1. The van der Waals surface area contributed by atoms with Crippen molar-refractivity contribution in [2.45, 2.75) is 39.7 Å². The fourth-order valence-electron chi connectivity index (χ4n) is 2.54. The summed E-state index contributed by atoms with van der Waals surface area (Å²) in [5, 5.41) is 8.06. The van der Waals surface area contributed by atoms with Crippen LogP contribution in [0.5, 0.6) is 0 Å². The summed E-state index contributed by atoms with van der Waals surface area (Å²) in [5.41, 5.74) is 2.51. The van der Waals surface area contributed by atoms with Crippen molar-refractivity contribution in [2.75, 3.05) is 25.0 Å². The van der Waals surface area contributed by atoms with E-state index in [0.717, 1.165) is 24.7 Å². The van der Waals surface area contributed by atoms with Crippen LogP contribution in [0.4, 0.5) is 5.82 Å². The maximum Gasteiger partial charge on any atom is 0.131 e. The molecule has 0 aliphatic heterocycles. The van der Waals surface area contributed by atoms with Gasteiger partial charge in [-0.25, -0.2) is 0 Å². The van der Waals surface area contributed by atoms with E-state index in [9.17, 15) is 0 Å². The van der Waals surface area contributed by atoms with E-state index in [4.69, 9.17) is 0 Å². The minimum absolute atomic E-state index is 0.904. The van der Waals surface area contributed by atoms with Gasteiger partial charge in [0.05, 0.1) is 5.69 Å². The Labute approximate surface area is 110 Å². The van der Waals surface area contributed by atoms with Crippen molar-refractivity contribution in [2.24, 2.45) is 13.0 Å². The summed E-state index contributed by atoms with van der Waals surface area (Å²) in [7, 11) is 4.24. The first-order chi connectivity index (χ1) is 8.63. The normalized spacial score (nSPS) is 15.1. The summed E-state index contributed by atoms with van der Waals surface area (Å²) < 4.78 is 2.03. The second-order valence-corrected chi connectivity index (χ2v) is 5.51. The summed E-state index contributed by atoms with van der Waals surface area (Å²) in [4.78, 5) is 2.38. The monoisotopic (exact) mass is 250 g/mol. The van der Waals surface area contributed by atoms with Crippen LogP contribution in [0.3, 0.4) is 0 Å². The molecule has 4 heteroatoms. The number of anilines is 1. The van der Waals surface area contributed by atoms with Gasteiger partial charge in [0, 0.05) is 32.7 Å². The van der Waals surface area contributed by atoms with Gasteiger partial charge >= 0.3 is 0 Å². The van der Waals surface area contributed by atoms with Crippen LogP contribution in [0.15, 0.2) is 0 Å². The quantitative estimate of drug-likeness (QED) is 0.752. The molecule has 0 saturated heterocycles. The molecule has 0 radical (unpaired) electrons. The number of hydrogen-bond acceptors (Lipinski definition) is 3. The molecule has 4 nitrogen and oxygen atoms in total. The van der Waals surface area contributed by atoms with Crippen LogP contribution in [0, 0.1) is 12.8 Å². The molecular formula is C14H26N4. The molecule has 0 aromatic carbocycles. The van der Waals surface area contributed by atoms with Gasteiger partial charge in [-0.15, -0.1) is 0 Å². The number of nitrogens with one attached hydrogen (secondary N) is 1. The van der Waals surface area contributed by atoms with Crippen LogP contribution in [-0.4, -0.2) is 29.9 Å². The van der Waals surface area contributed by atoms with Crippen LogP contribution < -0.4 is 10.2 Å². The highest BCUT2D eigenvalue weighted by Gasteiger charge is 2.25. The molecule has 102 valence electrons. The van der Waals surface area contributed by atoms with Gasteiger partial charge in [-0.05, 0) is 38.6 Å². The van der Waals surface area contributed by atoms with Crippen molar-refractivity contribution in [1.29, 1.82) is 0 Å². The molecule has 1 saturated carbocycles. The van der Waals surface area contributed by atoms with Crippen LogP contribution in [-0.2, 0) is 13.6 Å². The first kappa shape index (κ1) is 13.4. The van der Waals surface area contributed by atoms with Gasteiger partial charge in [0.1, 0.15) is 5.82 Å². The van der Waals surface area contributed by atoms with Gasteiger partial charge in [-0.2, -0.15) is 5.10 Å². The SMILES string of the molecule is CCCNCc1c(C)nn(C)c1N(C)CC1CC1. The first-order valence-corrected chi connectivity index (χ1v) is 7.07. The molecule has 1 aromatic heterocycles. The molecule has 1 N–H and O–H groups in total. The zero-order valence-corrected chi connectivity index (χ0v) is 12.2. The van der Waals surface area contributed by atoms with E-state index in [1.165, 1.54) is 37.2 Å². The lowest BCUT2D eigenvalue weighted by atomic mass is 10.2. The standard InChI is InChI=1S/C14H26N4/c1-5-8-15-9-13-11(2)16-18(4)14(13)17(3)10-12-6-7-12/h12,15H,5-10H2,1-4H3. The van der Waals surface area contributed by atoms with Crippen molar-refractivity contribution < 1.29 is 0 Å². The van der Waals surface area contributed by atoms with Crippen molar-refractivity contribution in [1.82, 2.24) is 15.1 Å². The Morgan fingerprint density at radius 1 is 1.44 bits per heavy atom. The summed E-state index contributed by atoms with van der Waals surface area (Å²) in [5.74, 6) is 2.18. The Balaban J connectivity index is 2.09. The van der Waals surface area contributed by atoms with E-state index < -0.39 is 0 Å². The van der Waals surface area contributed by atoms with Crippen molar-refractivity contribution in [3.63, 3.8) is 0 Å². The lowest BCUT2D eigenvalue weighted by molar-refractivity contribution is 0.666. The van der Waals surface area contributed by atoms with Gasteiger partial charge < -0.3 is 10.2 Å². The van der Waals surface area contributed by atoms with Crippen LogP contribution in [0.2, 0.25) is 0 Å². The molecule has 1 aliphatic rings. The molecule has 1 heterocycles. The third kappa shape index (κ3) is 3.05. The van der Waals surface area contributed by atoms with E-state index in [0.29, 0.717) is 0 Å². The Morgan fingerprint density at radius 2 is 2.17 bits per heavy atom. The van der Waals surface area contributed by atoms with Crippen molar-refractivity contribution in [3.05, 3.63) is 11.3 Å². The molecule has 0 bridgehead atoms. The molecule has 1 aromatic rings. The first-order valence-electron chi connectivity index (χ1n) is 7.07. The predicted molar refractivity (Wildman–Crippen MR) is 75.9 cm³/mol. The molecule has 18 heavy (non-hydrogen) atoms. The highest BCUT2D eigenvalue weighted by molar-refractivity contribution is 5.49. The van der Waals surface area contributed by atoms with Gasteiger partial charge in [0.15, 0.2) is 0 Å². The largest absolute Gasteiger partial charge is 0.359 e. The molecule has 0 atom stereocenters. The van der Waals surface area contributed by atoms with Crippen molar-refractivity contribution >= 4 is 5.82 Å². The summed E-state index contributed by atoms with van der Waals surface area (Å²) in [6.45, 7) is 7.47. The van der Waals surface area contributed by atoms with Gasteiger partial charge in [0.2, 0.25) is 0 Å². The van der Waals surface area contributed by atoms with E-state index in [2.05, 4.69) is 43.3 Å². The van der Waals surface area contributed by atoms with Gasteiger partial charge in [0.25, 0.3) is 0 Å².